The van der Waals surface area contributed by atoms with Crippen molar-refractivity contribution in [2.75, 3.05) is 30.8 Å². The molecule has 0 atom stereocenters. The van der Waals surface area contributed by atoms with Gasteiger partial charge in [0.15, 0.2) is 0 Å². The molecule has 0 aromatic heterocycles. The normalized spacial score (nSPS) is 10.5. The van der Waals surface area contributed by atoms with Crippen molar-refractivity contribution < 1.29 is 4.79 Å². The molecule has 0 aliphatic heterocycles. The minimum Gasteiger partial charge on any atom is -0.397 e. The van der Waals surface area contributed by atoms with Gasteiger partial charge in [-0.25, -0.2) is 0 Å². The zero-order valence-electron chi connectivity index (χ0n) is 11.0. The van der Waals surface area contributed by atoms with Crippen LogP contribution in [0.15, 0.2) is 22.7 Å². The number of halogens is 1. The maximum absolute atomic E-state index is 11.7. The highest BCUT2D eigenvalue weighted by Gasteiger charge is 2.10. The van der Waals surface area contributed by atoms with E-state index in [1.165, 1.54) is 0 Å². The molecule has 1 aromatic carbocycles. The van der Waals surface area contributed by atoms with E-state index in [0.29, 0.717) is 24.7 Å². The highest BCUT2D eigenvalue weighted by molar-refractivity contribution is 9.10. The van der Waals surface area contributed by atoms with Crippen molar-refractivity contribution in [2.24, 2.45) is 5.92 Å². The Hall–Kier alpha value is -1.23. The number of hydrogen-bond acceptors (Lipinski definition) is 3. The molecule has 4 nitrogen and oxygen atoms in total. The molecule has 1 amide bonds. The highest BCUT2D eigenvalue weighted by Crippen LogP contribution is 2.25. The van der Waals surface area contributed by atoms with Crippen LogP contribution in [0.2, 0.25) is 0 Å². The van der Waals surface area contributed by atoms with E-state index in [4.69, 9.17) is 5.73 Å². The Morgan fingerprint density at radius 1 is 1.50 bits per heavy atom. The van der Waals surface area contributed by atoms with Gasteiger partial charge in [-0.15, -0.1) is 0 Å². The summed E-state index contributed by atoms with van der Waals surface area (Å²) in [6, 6.07) is 5.61. The molecule has 1 aromatic rings. The molecular weight excluding hydrogens is 294 g/mol. The van der Waals surface area contributed by atoms with Gasteiger partial charge in [-0.2, -0.15) is 0 Å². The van der Waals surface area contributed by atoms with Crippen molar-refractivity contribution in [2.45, 2.75) is 13.8 Å². The molecule has 0 saturated heterocycles. The van der Waals surface area contributed by atoms with E-state index in [0.717, 1.165) is 10.2 Å². The Bertz CT molecular complexity index is 421. The van der Waals surface area contributed by atoms with Crippen LogP contribution in [0.3, 0.4) is 0 Å². The summed E-state index contributed by atoms with van der Waals surface area (Å²) in [5.74, 6) is 0.459. The van der Waals surface area contributed by atoms with Crippen molar-refractivity contribution in [3.8, 4) is 0 Å². The van der Waals surface area contributed by atoms with Crippen molar-refractivity contribution in [1.29, 1.82) is 0 Å². The Morgan fingerprint density at radius 2 is 2.17 bits per heavy atom. The third-order valence-corrected chi connectivity index (χ3v) is 2.99. The summed E-state index contributed by atoms with van der Waals surface area (Å²) in [6.45, 7) is 5.13. The predicted molar refractivity (Wildman–Crippen MR) is 79.7 cm³/mol. The van der Waals surface area contributed by atoms with E-state index in [-0.39, 0.29) is 5.91 Å². The first-order chi connectivity index (χ1) is 8.40. The lowest BCUT2D eigenvalue weighted by atomic mass is 10.2. The van der Waals surface area contributed by atoms with E-state index in [2.05, 4.69) is 35.1 Å². The van der Waals surface area contributed by atoms with Crippen LogP contribution in [0.5, 0.6) is 0 Å². The average molecular weight is 314 g/mol. The van der Waals surface area contributed by atoms with Crippen molar-refractivity contribution in [3.05, 3.63) is 22.7 Å². The van der Waals surface area contributed by atoms with Crippen molar-refractivity contribution >= 4 is 33.2 Å². The summed E-state index contributed by atoms with van der Waals surface area (Å²) >= 11 is 3.40. The first kappa shape index (κ1) is 14.8. The average Bonchev–Trinajstić information content (AvgIpc) is 2.29. The smallest absolute Gasteiger partial charge is 0.239 e. The molecule has 5 heteroatoms. The van der Waals surface area contributed by atoms with Crippen LogP contribution in [0, 0.1) is 5.92 Å². The van der Waals surface area contributed by atoms with Gasteiger partial charge in [-0.1, -0.05) is 29.8 Å². The molecule has 1 rings (SSSR count). The van der Waals surface area contributed by atoms with Gasteiger partial charge >= 0.3 is 0 Å². The summed E-state index contributed by atoms with van der Waals surface area (Å²) in [7, 11) is 1.85. The lowest BCUT2D eigenvalue weighted by Crippen LogP contribution is -2.37. The summed E-state index contributed by atoms with van der Waals surface area (Å²) in [5.41, 5.74) is 7.41. The molecule has 100 valence electrons. The molecule has 18 heavy (non-hydrogen) atoms. The van der Waals surface area contributed by atoms with E-state index < -0.39 is 0 Å². The molecule has 0 heterocycles. The van der Waals surface area contributed by atoms with Crippen molar-refractivity contribution in [3.63, 3.8) is 0 Å². The number of benzene rings is 1. The van der Waals surface area contributed by atoms with Crippen LogP contribution in [-0.4, -0.2) is 26.0 Å². The van der Waals surface area contributed by atoms with E-state index in [9.17, 15) is 4.79 Å². The molecule has 0 bridgehead atoms. The summed E-state index contributed by atoms with van der Waals surface area (Å²) in [5, 5.41) is 2.88. The van der Waals surface area contributed by atoms with Crippen LogP contribution in [-0.2, 0) is 4.79 Å². The third-order valence-electron chi connectivity index (χ3n) is 2.49. The van der Waals surface area contributed by atoms with Gasteiger partial charge < -0.3 is 16.0 Å². The molecule has 0 unspecified atom stereocenters. The topological polar surface area (TPSA) is 58.4 Å². The van der Waals surface area contributed by atoms with Gasteiger partial charge in [0.2, 0.25) is 5.91 Å². The Labute approximate surface area is 117 Å². The highest BCUT2D eigenvalue weighted by atomic mass is 79.9. The number of nitrogens with zero attached hydrogens (tertiary/aromatic N) is 1. The Balaban J connectivity index is 2.62. The monoisotopic (exact) mass is 313 g/mol. The van der Waals surface area contributed by atoms with E-state index in [1.807, 2.05) is 30.1 Å². The molecule has 0 aliphatic rings. The SMILES string of the molecule is CC(C)CNC(=O)CN(C)c1cc(Br)ccc1N. The standard InChI is InChI=1S/C13H20BrN3O/c1-9(2)7-16-13(18)8-17(3)12-6-10(14)4-5-11(12)15/h4-6,9H,7-8,15H2,1-3H3,(H,16,18). The maximum atomic E-state index is 11.7. The molecule has 0 fully saturated rings. The zero-order valence-corrected chi connectivity index (χ0v) is 12.6. The summed E-state index contributed by atoms with van der Waals surface area (Å²) in [6.07, 6.45) is 0. The minimum absolute atomic E-state index is 0.00516. The maximum Gasteiger partial charge on any atom is 0.239 e. The van der Waals surface area contributed by atoms with Crippen LogP contribution < -0.4 is 16.0 Å². The first-order valence-electron chi connectivity index (χ1n) is 5.93. The summed E-state index contributed by atoms with van der Waals surface area (Å²) in [4.78, 5) is 13.6. The second-order valence-corrected chi connectivity index (χ2v) is 5.67. The van der Waals surface area contributed by atoms with Gasteiger partial charge in [0.1, 0.15) is 0 Å². The second-order valence-electron chi connectivity index (χ2n) is 4.76. The van der Waals surface area contributed by atoms with Crippen LogP contribution in [0.4, 0.5) is 11.4 Å². The molecule has 0 saturated carbocycles. The third kappa shape index (κ3) is 4.56. The van der Waals surface area contributed by atoms with Crippen LogP contribution in [0.1, 0.15) is 13.8 Å². The largest absolute Gasteiger partial charge is 0.397 e. The van der Waals surface area contributed by atoms with Gasteiger partial charge in [0, 0.05) is 18.1 Å². The number of carbonyl (C=O) groups excluding carboxylic acids is 1. The fourth-order valence-electron chi connectivity index (χ4n) is 1.52. The second kappa shape index (κ2) is 6.64. The number of nitrogen functional groups attached to an aromatic ring is 1. The molecule has 0 spiro atoms. The number of amides is 1. The molecule has 0 aliphatic carbocycles. The Kier molecular flexibility index (Phi) is 5.47. The number of anilines is 2. The number of nitrogens with two attached hydrogens (primary N) is 1. The Morgan fingerprint density at radius 3 is 2.78 bits per heavy atom. The van der Waals surface area contributed by atoms with Crippen molar-refractivity contribution in [1.82, 2.24) is 5.32 Å². The van der Waals surface area contributed by atoms with Gasteiger partial charge in [0.25, 0.3) is 0 Å². The molecule has 0 radical (unpaired) electrons. The molecule has 3 N–H and O–H groups in total. The first-order valence-corrected chi connectivity index (χ1v) is 6.72. The zero-order chi connectivity index (χ0) is 13.7. The van der Waals surface area contributed by atoms with Gasteiger partial charge in [0.05, 0.1) is 17.9 Å². The fraction of sp³-hybridized carbons (Fsp3) is 0.462. The predicted octanol–water partition coefficient (Wildman–Crippen LogP) is 2.24. The van der Waals surface area contributed by atoms with Crippen LogP contribution >= 0.6 is 15.9 Å². The number of rotatable bonds is 5. The van der Waals surface area contributed by atoms with E-state index >= 15 is 0 Å². The number of likely N-dealkylation sites (N-methyl/N-ethyl adjacent to an activating group) is 1. The number of carbonyl (C=O) groups is 1. The fourth-order valence-corrected chi connectivity index (χ4v) is 1.87. The number of hydrogen-bond donors (Lipinski definition) is 2. The lowest BCUT2D eigenvalue weighted by molar-refractivity contribution is -0.119. The quantitative estimate of drug-likeness (QED) is 0.820. The van der Waals surface area contributed by atoms with Gasteiger partial charge in [-0.05, 0) is 24.1 Å². The summed E-state index contributed by atoms with van der Waals surface area (Å²) < 4.78 is 0.945. The van der Waals surface area contributed by atoms with Gasteiger partial charge in [-0.3, -0.25) is 4.79 Å². The lowest BCUT2D eigenvalue weighted by Gasteiger charge is -2.21. The van der Waals surface area contributed by atoms with E-state index in [1.54, 1.807) is 0 Å². The minimum atomic E-state index is 0.00516. The molecular formula is C13H20BrN3O. The number of nitrogens with one attached hydrogen (secondary N) is 1. The van der Waals surface area contributed by atoms with Crippen LogP contribution in [0.25, 0.3) is 0 Å².